The fourth-order valence-electron chi connectivity index (χ4n) is 1.21. The summed E-state index contributed by atoms with van der Waals surface area (Å²) in [5.74, 6) is -0.833. The lowest BCUT2D eigenvalue weighted by Crippen LogP contribution is -2.10. The van der Waals surface area contributed by atoms with Crippen LogP contribution >= 0.6 is 0 Å². The highest BCUT2D eigenvalue weighted by Crippen LogP contribution is 2.11. The highest BCUT2D eigenvalue weighted by Gasteiger charge is 2.13. The molecule has 0 fully saturated rings. The fraction of sp³-hybridized carbons (Fsp3) is 0.273. The van der Waals surface area contributed by atoms with Gasteiger partial charge in [-0.05, 0) is 11.6 Å². The van der Waals surface area contributed by atoms with Crippen molar-refractivity contribution in [3.05, 3.63) is 35.4 Å². The Hall–Kier alpha value is -1.84. The molecule has 0 heterocycles. The predicted octanol–water partition coefficient (Wildman–Crippen LogP) is 1.19. The lowest BCUT2D eigenvalue weighted by atomic mass is 10.1. The van der Waals surface area contributed by atoms with Gasteiger partial charge in [0.15, 0.2) is 0 Å². The zero-order valence-corrected chi connectivity index (χ0v) is 8.65. The Balaban J connectivity index is 2.96. The Bertz CT molecular complexity index is 371. The Morgan fingerprint density at radius 1 is 1.13 bits per heavy atom. The van der Waals surface area contributed by atoms with E-state index in [1.54, 1.807) is 24.3 Å². The second kappa shape index (κ2) is 5.14. The van der Waals surface area contributed by atoms with Crippen LogP contribution in [0.25, 0.3) is 0 Å². The maximum atomic E-state index is 11.3. The van der Waals surface area contributed by atoms with E-state index in [2.05, 4.69) is 9.47 Å². The summed E-state index contributed by atoms with van der Waals surface area (Å²) in [6.07, 6.45) is 0.0712. The second-order valence-corrected chi connectivity index (χ2v) is 2.90. The first-order chi connectivity index (χ1) is 7.19. The first kappa shape index (κ1) is 11.2. The van der Waals surface area contributed by atoms with Crippen LogP contribution in [0.15, 0.2) is 24.3 Å². The molecule has 0 aliphatic heterocycles. The van der Waals surface area contributed by atoms with Crippen molar-refractivity contribution >= 4 is 11.9 Å². The van der Waals surface area contributed by atoms with E-state index in [4.69, 9.17) is 0 Å². The molecule has 0 aromatic heterocycles. The molecule has 0 atom stereocenters. The van der Waals surface area contributed by atoms with Crippen LogP contribution in [0.2, 0.25) is 0 Å². The van der Waals surface area contributed by atoms with Crippen LogP contribution in [-0.4, -0.2) is 26.2 Å². The van der Waals surface area contributed by atoms with E-state index >= 15 is 0 Å². The van der Waals surface area contributed by atoms with Gasteiger partial charge in [-0.2, -0.15) is 0 Å². The lowest BCUT2D eigenvalue weighted by molar-refractivity contribution is -0.139. The van der Waals surface area contributed by atoms with Crippen molar-refractivity contribution in [2.75, 3.05) is 14.2 Å². The molecular weight excluding hydrogens is 196 g/mol. The van der Waals surface area contributed by atoms with Gasteiger partial charge in [-0.3, -0.25) is 4.79 Å². The minimum atomic E-state index is -0.450. The molecule has 4 heteroatoms. The molecule has 0 unspecified atom stereocenters. The Kier molecular flexibility index (Phi) is 3.85. The first-order valence-electron chi connectivity index (χ1n) is 4.42. The van der Waals surface area contributed by atoms with Gasteiger partial charge in [-0.1, -0.05) is 18.2 Å². The summed E-state index contributed by atoms with van der Waals surface area (Å²) in [5.41, 5.74) is 1.00. The van der Waals surface area contributed by atoms with Crippen LogP contribution in [0.3, 0.4) is 0 Å². The molecule has 1 aromatic rings. The molecule has 4 nitrogen and oxygen atoms in total. The van der Waals surface area contributed by atoms with Gasteiger partial charge in [0.1, 0.15) is 0 Å². The van der Waals surface area contributed by atoms with Crippen LogP contribution in [-0.2, 0) is 20.7 Å². The lowest BCUT2D eigenvalue weighted by Gasteiger charge is -2.05. The number of carbonyl (C=O) groups is 2. The van der Waals surface area contributed by atoms with E-state index in [0.717, 1.165) is 0 Å². The van der Waals surface area contributed by atoms with Crippen molar-refractivity contribution < 1.29 is 19.1 Å². The number of methoxy groups -OCH3 is 2. The molecule has 0 saturated carbocycles. The quantitative estimate of drug-likeness (QED) is 0.700. The summed E-state index contributed by atoms with van der Waals surface area (Å²) in [5, 5.41) is 0. The molecule has 80 valence electrons. The van der Waals surface area contributed by atoms with Gasteiger partial charge in [0.2, 0.25) is 0 Å². The van der Waals surface area contributed by atoms with Crippen molar-refractivity contribution in [2.45, 2.75) is 6.42 Å². The van der Waals surface area contributed by atoms with Crippen LogP contribution in [0.1, 0.15) is 15.9 Å². The standard InChI is InChI=1S/C11H12O4/c1-14-10(12)7-8-5-3-4-6-9(8)11(13)15-2/h3-6H,7H2,1-2H3. The SMILES string of the molecule is COC(=O)Cc1ccccc1C(=O)OC. The van der Waals surface area contributed by atoms with E-state index in [9.17, 15) is 9.59 Å². The van der Waals surface area contributed by atoms with Gasteiger partial charge in [-0.15, -0.1) is 0 Å². The molecule has 0 radical (unpaired) electrons. The molecule has 0 aliphatic carbocycles. The topological polar surface area (TPSA) is 52.6 Å². The van der Waals surface area contributed by atoms with Crippen molar-refractivity contribution in [1.82, 2.24) is 0 Å². The maximum Gasteiger partial charge on any atom is 0.338 e. The number of carbonyl (C=O) groups excluding carboxylic acids is 2. The summed E-state index contributed by atoms with van der Waals surface area (Å²) in [6, 6.07) is 6.78. The molecule has 0 N–H and O–H groups in total. The molecule has 0 amide bonds. The minimum Gasteiger partial charge on any atom is -0.469 e. The Morgan fingerprint density at radius 3 is 2.40 bits per heavy atom. The molecule has 0 saturated heterocycles. The minimum absolute atomic E-state index is 0.0712. The molecule has 15 heavy (non-hydrogen) atoms. The van der Waals surface area contributed by atoms with Gasteiger partial charge in [0.05, 0.1) is 26.2 Å². The van der Waals surface area contributed by atoms with Crippen molar-refractivity contribution in [1.29, 1.82) is 0 Å². The van der Waals surface area contributed by atoms with E-state index in [-0.39, 0.29) is 12.4 Å². The van der Waals surface area contributed by atoms with Gasteiger partial charge >= 0.3 is 11.9 Å². The molecule has 0 aliphatic rings. The number of hydrogen-bond acceptors (Lipinski definition) is 4. The summed E-state index contributed by atoms with van der Waals surface area (Å²) in [7, 11) is 2.61. The van der Waals surface area contributed by atoms with Gasteiger partial charge < -0.3 is 9.47 Å². The molecule has 0 bridgehead atoms. The number of benzene rings is 1. The van der Waals surface area contributed by atoms with Gasteiger partial charge in [-0.25, -0.2) is 4.79 Å². The van der Waals surface area contributed by atoms with Crippen molar-refractivity contribution in [3.63, 3.8) is 0 Å². The molecule has 1 aromatic carbocycles. The summed E-state index contributed by atoms with van der Waals surface area (Å²) < 4.78 is 9.13. The second-order valence-electron chi connectivity index (χ2n) is 2.90. The maximum absolute atomic E-state index is 11.3. The zero-order valence-electron chi connectivity index (χ0n) is 8.65. The van der Waals surface area contributed by atoms with Crippen molar-refractivity contribution in [2.24, 2.45) is 0 Å². The van der Waals surface area contributed by atoms with Gasteiger partial charge in [0, 0.05) is 0 Å². The summed E-state index contributed by atoms with van der Waals surface area (Å²) >= 11 is 0. The van der Waals surface area contributed by atoms with E-state index < -0.39 is 5.97 Å². The Labute approximate surface area is 87.8 Å². The van der Waals surface area contributed by atoms with Crippen LogP contribution in [0.5, 0.6) is 0 Å². The van der Waals surface area contributed by atoms with Gasteiger partial charge in [0.25, 0.3) is 0 Å². The third-order valence-corrected chi connectivity index (χ3v) is 1.99. The van der Waals surface area contributed by atoms with Crippen LogP contribution < -0.4 is 0 Å². The van der Waals surface area contributed by atoms with Crippen LogP contribution in [0, 0.1) is 0 Å². The smallest absolute Gasteiger partial charge is 0.338 e. The predicted molar refractivity (Wildman–Crippen MR) is 53.5 cm³/mol. The van der Waals surface area contributed by atoms with Crippen LogP contribution in [0.4, 0.5) is 0 Å². The summed E-state index contributed by atoms with van der Waals surface area (Å²) in [6.45, 7) is 0. The number of rotatable bonds is 3. The average Bonchev–Trinajstić information content (AvgIpc) is 2.28. The largest absolute Gasteiger partial charge is 0.469 e. The molecule has 0 spiro atoms. The van der Waals surface area contributed by atoms with E-state index in [0.29, 0.717) is 11.1 Å². The highest BCUT2D eigenvalue weighted by atomic mass is 16.5. The fourth-order valence-corrected chi connectivity index (χ4v) is 1.21. The average molecular weight is 208 g/mol. The molecule has 1 rings (SSSR count). The first-order valence-corrected chi connectivity index (χ1v) is 4.42. The number of hydrogen-bond donors (Lipinski definition) is 0. The zero-order chi connectivity index (χ0) is 11.3. The Morgan fingerprint density at radius 2 is 1.80 bits per heavy atom. The summed E-state index contributed by atoms with van der Waals surface area (Å²) in [4.78, 5) is 22.4. The molecular formula is C11H12O4. The number of ether oxygens (including phenoxy) is 2. The highest BCUT2D eigenvalue weighted by molar-refractivity contribution is 5.92. The third-order valence-electron chi connectivity index (χ3n) is 1.99. The number of esters is 2. The monoisotopic (exact) mass is 208 g/mol. The van der Waals surface area contributed by atoms with Crippen molar-refractivity contribution in [3.8, 4) is 0 Å². The van der Waals surface area contributed by atoms with E-state index in [1.807, 2.05) is 0 Å². The normalized spacial score (nSPS) is 9.47. The van der Waals surface area contributed by atoms with E-state index in [1.165, 1.54) is 14.2 Å². The third kappa shape index (κ3) is 2.80.